The topological polar surface area (TPSA) is 118 Å². The molecule has 2 heterocycles. The second-order valence-corrected chi connectivity index (χ2v) is 7.01. The van der Waals surface area contributed by atoms with Crippen LogP contribution in [0.3, 0.4) is 0 Å². The average molecular weight is 380 g/mol. The fraction of sp³-hybridized carbons (Fsp3) is 0.333. The zero-order chi connectivity index (χ0) is 20.3. The number of aromatic amines is 1. The van der Waals surface area contributed by atoms with Gasteiger partial charge in [0.1, 0.15) is 0 Å². The molecule has 0 saturated heterocycles. The molecular weight excluding hydrogens is 356 g/mol. The molecule has 0 radical (unpaired) electrons. The van der Waals surface area contributed by atoms with Crippen molar-refractivity contribution in [2.45, 2.75) is 39.2 Å². The van der Waals surface area contributed by atoms with Gasteiger partial charge in [-0.05, 0) is 38.3 Å². The lowest BCUT2D eigenvalue weighted by molar-refractivity contribution is -0.122. The number of nitrogens with two attached hydrogens (primary N) is 1. The van der Waals surface area contributed by atoms with Crippen molar-refractivity contribution in [1.82, 2.24) is 15.3 Å². The number of carbonyl (C=O) groups excluding carboxylic acids is 2. The van der Waals surface area contributed by atoms with Crippen LogP contribution in [-0.4, -0.2) is 27.8 Å². The quantitative estimate of drug-likeness (QED) is 0.686. The molecule has 0 spiro atoms. The summed E-state index contributed by atoms with van der Waals surface area (Å²) in [4.78, 5) is 43.4. The second-order valence-electron chi connectivity index (χ2n) is 7.01. The first kappa shape index (κ1) is 19.5. The standard InChI is InChI=1S/C21H24N4O3/c1-3-13-9-17(12(2)24-20(13)27)14-8-15(11-23-10-14)21(28)25-18-7-5-4-6-16(18)19(22)26/h4-5,8-11,16,18H,3,6-7H2,1-2H3,(H2,22,26)(H,24,27)(H,25,28)/t16?,18-/m0/s1. The second kappa shape index (κ2) is 8.21. The average Bonchev–Trinajstić information content (AvgIpc) is 2.68. The highest BCUT2D eigenvalue weighted by molar-refractivity contribution is 5.95. The lowest BCUT2D eigenvalue weighted by atomic mass is 9.88. The summed E-state index contributed by atoms with van der Waals surface area (Å²) in [5, 5.41) is 2.90. The highest BCUT2D eigenvalue weighted by atomic mass is 16.2. The van der Waals surface area contributed by atoms with Crippen molar-refractivity contribution < 1.29 is 9.59 Å². The number of primary amides is 1. The predicted octanol–water partition coefficient (Wildman–Crippen LogP) is 1.86. The summed E-state index contributed by atoms with van der Waals surface area (Å²) in [6.45, 7) is 3.73. The number of aryl methyl sites for hydroxylation is 2. The van der Waals surface area contributed by atoms with E-state index in [4.69, 9.17) is 5.73 Å². The molecule has 1 aliphatic carbocycles. The van der Waals surface area contributed by atoms with Gasteiger partial charge in [0, 0.05) is 40.8 Å². The Morgan fingerprint density at radius 3 is 2.71 bits per heavy atom. The summed E-state index contributed by atoms with van der Waals surface area (Å²) in [5.74, 6) is -1.14. The molecule has 3 rings (SSSR count). The zero-order valence-electron chi connectivity index (χ0n) is 16.0. The number of aromatic nitrogens is 2. The maximum Gasteiger partial charge on any atom is 0.253 e. The molecule has 28 heavy (non-hydrogen) atoms. The number of amides is 2. The first-order valence-corrected chi connectivity index (χ1v) is 9.34. The van der Waals surface area contributed by atoms with Crippen LogP contribution in [0.4, 0.5) is 0 Å². The third kappa shape index (κ3) is 4.03. The molecule has 1 unspecified atom stereocenters. The Labute approximate surface area is 163 Å². The largest absolute Gasteiger partial charge is 0.369 e. The lowest BCUT2D eigenvalue weighted by Gasteiger charge is -2.26. The third-order valence-corrected chi connectivity index (χ3v) is 5.12. The van der Waals surface area contributed by atoms with Crippen molar-refractivity contribution in [2.75, 3.05) is 0 Å². The third-order valence-electron chi connectivity index (χ3n) is 5.12. The van der Waals surface area contributed by atoms with E-state index in [9.17, 15) is 14.4 Å². The Morgan fingerprint density at radius 2 is 2.00 bits per heavy atom. The molecule has 2 aromatic rings. The molecule has 146 valence electrons. The number of rotatable bonds is 5. The van der Waals surface area contributed by atoms with Crippen LogP contribution in [0.15, 0.2) is 41.5 Å². The highest BCUT2D eigenvalue weighted by Crippen LogP contribution is 2.23. The number of carbonyl (C=O) groups is 2. The van der Waals surface area contributed by atoms with E-state index in [2.05, 4.69) is 15.3 Å². The number of nitrogens with zero attached hydrogens (tertiary/aromatic N) is 1. The molecule has 1 aliphatic rings. The van der Waals surface area contributed by atoms with Gasteiger partial charge >= 0.3 is 0 Å². The molecule has 2 aromatic heterocycles. The summed E-state index contributed by atoms with van der Waals surface area (Å²) in [6, 6.07) is 3.24. The predicted molar refractivity (Wildman–Crippen MR) is 107 cm³/mol. The van der Waals surface area contributed by atoms with Gasteiger partial charge in [0.05, 0.1) is 11.5 Å². The van der Waals surface area contributed by atoms with Crippen LogP contribution in [-0.2, 0) is 11.2 Å². The monoisotopic (exact) mass is 380 g/mol. The number of hydrogen-bond acceptors (Lipinski definition) is 4. The van der Waals surface area contributed by atoms with Crippen molar-refractivity contribution in [2.24, 2.45) is 11.7 Å². The molecular formula is C21H24N4O3. The van der Waals surface area contributed by atoms with Crippen LogP contribution in [0.1, 0.15) is 41.4 Å². The SMILES string of the molecule is CCc1cc(-c2cncc(C(=O)N[C@H]3CC=CCC3C(N)=O)c2)c(C)[nH]c1=O. The molecule has 7 nitrogen and oxygen atoms in total. The minimum Gasteiger partial charge on any atom is -0.369 e. The lowest BCUT2D eigenvalue weighted by Crippen LogP contribution is -2.46. The molecule has 2 amide bonds. The minimum absolute atomic E-state index is 0.103. The maximum atomic E-state index is 12.7. The minimum atomic E-state index is -0.419. The maximum absolute atomic E-state index is 12.7. The van der Waals surface area contributed by atoms with Crippen LogP contribution in [0, 0.1) is 12.8 Å². The molecule has 4 N–H and O–H groups in total. The molecule has 0 aliphatic heterocycles. The van der Waals surface area contributed by atoms with E-state index in [-0.39, 0.29) is 17.5 Å². The van der Waals surface area contributed by atoms with Crippen LogP contribution >= 0.6 is 0 Å². The highest BCUT2D eigenvalue weighted by Gasteiger charge is 2.28. The van der Waals surface area contributed by atoms with E-state index in [1.165, 1.54) is 6.20 Å². The summed E-state index contributed by atoms with van der Waals surface area (Å²) >= 11 is 0. The number of pyridine rings is 2. The summed E-state index contributed by atoms with van der Waals surface area (Å²) < 4.78 is 0. The van der Waals surface area contributed by atoms with E-state index in [1.54, 1.807) is 12.3 Å². The van der Waals surface area contributed by atoms with Gasteiger partial charge in [0.15, 0.2) is 0 Å². The summed E-state index contributed by atoms with van der Waals surface area (Å²) in [7, 11) is 0. The number of H-pyrrole nitrogens is 1. The van der Waals surface area contributed by atoms with Gasteiger partial charge in [0.25, 0.3) is 11.5 Å². The Kier molecular flexibility index (Phi) is 5.73. The van der Waals surface area contributed by atoms with E-state index >= 15 is 0 Å². The van der Waals surface area contributed by atoms with Crippen molar-refractivity contribution in [3.8, 4) is 11.1 Å². The van der Waals surface area contributed by atoms with Crippen LogP contribution < -0.4 is 16.6 Å². The molecule has 0 aromatic carbocycles. The van der Waals surface area contributed by atoms with E-state index in [1.807, 2.05) is 32.1 Å². The molecule has 0 bridgehead atoms. The van der Waals surface area contributed by atoms with Gasteiger partial charge in [-0.15, -0.1) is 0 Å². The van der Waals surface area contributed by atoms with E-state index < -0.39 is 11.8 Å². The van der Waals surface area contributed by atoms with Gasteiger partial charge < -0.3 is 16.0 Å². The molecule has 2 atom stereocenters. The number of nitrogens with one attached hydrogen (secondary N) is 2. The number of allylic oxidation sites excluding steroid dienone is 1. The smallest absolute Gasteiger partial charge is 0.253 e. The van der Waals surface area contributed by atoms with Crippen molar-refractivity contribution in [1.29, 1.82) is 0 Å². The Bertz CT molecular complexity index is 993. The fourth-order valence-corrected chi connectivity index (χ4v) is 3.48. The van der Waals surface area contributed by atoms with Gasteiger partial charge in [-0.2, -0.15) is 0 Å². The first-order valence-electron chi connectivity index (χ1n) is 9.34. The van der Waals surface area contributed by atoms with Gasteiger partial charge in [0.2, 0.25) is 5.91 Å². The van der Waals surface area contributed by atoms with Gasteiger partial charge in [-0.3, -0.25) is 19.4 Å². The normalized spacial score (nSPS) is 18.6. The number of hydrogen-bond donors (Lipinski definition) is 3. The summed E-state index contributed by atoms with van der Waals surface area (Å²) in [6.07, 6.45) is 8.69. The Balaban J connectivity index is 1.87. The Hall–Kier alpha value is -3.22. The zero-order valence-corrected chi connectivity index (χ0v) is 16.0. The first-order chi connectivity index (χ1) is 13.4. The van der Waals surface area contributed by atoms with Crippen molar-refractivity contribution >= 4 is 11.8 Å². The van der Waals surface area contributed by atoms with Crippen molar-refractivity contribution in [3.63, 3.8) is 0 Å². The Morgan fingerprint density at radius 1 is 1.25 bits per heavy atom. The van der Waals surface area contributed by atoms with Crippen LogP contribution in [0.2, 0.25) is 0 Å². The van der Waals surface area contributed by atoms with E-state index in [0.717, 1.165) is 11.1 Å². The molecule has 0 saturated carbocycles. The van der Waals surface area contributed by atoms with Crippen LogP contribution in [0.5, 0.6) is 0 Å². The van der Waals surface area contributed by atoms with Crippen LogP contribution in [0.25, 0.3) is 11.1 Å². The fourth-order valence-electron chi connectivity index (χ4n) is 3.48. The van der Waals surface area contributed by atoms with E-state index in [0.29, 0.717) is 36.1 Å². The summed E-state index contributed by atoms with van der Waals surface area (Å²) in [5.41, 5.74) is 8.71. The molecule has 0 fully saturated rings. The van der Waals surface area contributed by atoms with Gasteiger partial charge in [-0.25, -0.2) is 0 Å². The van der Waals surface area contributed by atoms with Crippen molar-refractivity contribution in [3.05, 3.63) is 63.9 Å². The van der Waals surface area contributed by atoms with Gasteiger partial charge in [-0.1, -0.05) is 19.1 Å². The molecule has 7 heteroatoms.